The van der Waals surface area contributed by atoms with Crippen LogP contribution in [0.2, 0.25) is 0 Å². The highest BCUT2D eigenvalue weighted by Crippen LogP contribution is 2.35. The maximum atomic E-state index is 10.6. The molecule has 2 atom stereocenters. The van der Waals surface area contributed by atoms with E-state index in [0.29, 0.717) is 0 Å². The fourth-order valence-corrected chi connectivity index (χ4v) is 3.04. The molecule has 0 saturated carbocycles. The highest BCUT2D eigenvalue weighted by molar-refractivity contribution is 5.64. The first-order chi connectivity index (χ1) is 9.49. The van der Waals surface area contributed by atoms with Gasteiger partial charge in [0.15, 0.2) is 0 Å². The minimum absolute atomic E-state index is 0.205. The van der Waals surface area contributed by atoms with E-state index in [0.717, 1.165) is 18.1 Å². The van der Waals surface area contributed by atoms with Crippen LogP contribution in [-0.2, 0) is 4.79 Å². The van der Waals surface area contributed by atoms with Crippen LogP contribution < -0.4 is 0 Å². The Morgan fingerprint density at radius 2 is 1.70 bits per heavy atom. The minimum atomic E-state index is 0.205. The number of carbonyl (C=O) groups excluding carboxylic acids is 1. The molecule has 0 aromatic rings. The third kappa shape index (κ3) is 8.55. The molecule has 1 nitrogen and oxygen atoms in total. The van der Waals surface area contributed by atoms with Gasteiger partial charge in [0, 0.05) is 0 Å². The lowest BCUT2D eigenvalue weighted by Gasteiger charge is -2.30. The van der Waals surface area contributed by atoms with Gasteiger partial charge < -0.3 is 0 Å². The summed E-state index contributed by atoms with van der Waals surface area (Å²) in [5.41, 5.74) is 0.205. The molecule has 0 saturated heterocycles. The number of hydrogen-bond acceptors (Lipinski definition) is 1. The molecule has 0 aromatic carbocycles. The van der Waals surface area contributed by atoms with Gasteiger partial charge in [0.1, 0.15) is 6.29 Å². The Balaban J connectivity index is 4.53. The first-order valence-electron chi connectivity index (χ1n) is 8.62. The topological polar surface area (TPSA) is 17.1 Å². The number of hydrogen-bond donors (Lipinski definition) is 0. The SMILES string of the molecule is CCCCCC(C)(C=CC=O)CCC(CCC)C(C)C. The van der Waals surface area contributed by atoms with Crippen LogP contribution >= 0.6 is 0 Å². The van der Waals surface area contributed by atoms with Crippen molar-refractivity contribution in [2.45, 2.75) is 86.0 Å². The Morgan fingerprint density at radius 3 is 2.20 bits per heavy atom. The van der Waals surface area contributed by atoms with Crippen molar-refractivity contribution in [1.82, 2.24) is 0 Å². The van der Waals surface area contributed by atoms with Gasteiger partial charge in [-0.2, -0.15) is 0 Å². The van der Waals surface area contributed by atoms with E-state index < -0.39 is 0 Å². The Morgan fingerprint density at radius 1 is 1.00 bits per heavy atom. The first-order valence-corrected chi connectivity index (χ1v) is 8.62. The number of rotatable bonds is 12. The Kier molecular flexibility index (Phi) is 10.8. The van der Waals surface area contributed by atoms with Crippen LogP contribution in [0, 0.1) is 17.3 Å². The molecule has 0 aliphatic carbocycles. The van der Waals surface area contributed by atoms with Gasteiger partial charge in [-0.05, 0) is 42.6 Å². The highest BCUT2D eigenvalue weighted by atomic mass is 16.1. The molecule has 0 N–H and O–H groups in total. The summed E-state index contributed by atoms with van der Waals surface area (Å²) in [5.74, 6) is 1.60. The van der Waals surface area contributed by atoms with E-state index in [-0.39, 0.29) is 5.41 Å². The van der Waals surface area contributed by atoms with Crippen molar-refractivity contribution in [3.63, 3.8) is 0 Å². The average Bonchev–Trinajstić information content (AvgIpc) is 2.41. The van der Waals surface area contributed by atoms with Crippen molar-refractivity contribution in [2.75, 3.05) is 0 Å². The number of aldehydes is 1. The zero-order chi connectivity index (χ0) is 15.4. The van der Waals surface area contributed by atoms with Crippen molar-refractivity contribution in [2.24, 2.45) is 17.3 Å². The van der Waals surface area contributed by atoms with E-state index in [2.05, 4.69) is 40.7 Å². The summed E-state index contributed by atoms with van der Waals surface area (Å²) in [4.78, 5) is 10.6. The standard InChI is InChI=1S/C19H36O/c1-6-8-9-13-19(5,14-10-16-20)15-12-18(11-7-2)17(3)4/h10,14,16-18H,6-9,11-13,15H2,1-5H3. The molecule has 0 rings (SSSR count). The van der Waals surface area contributed by atoms with Crippen molar-refractivity contribution < 1.29 is 4.79 Å². The van der Waals surface area contributed by atoms with Crippen molar-refractivity contribution in [1.29, 1.82) is 0 Å². The quantitative estimate of drug-likeness (QED) is 0.237. The zero-order valence-electron chi connectivity index (χ0n) is 14.5. The van der Waals surface area contributed by atoms with Crippen LogP contribution in [0.5, 0.6) is 0 Å². The molecule has 20 heavy (non-hydrogen) atoms. The maximum Gasteiger partial charge on any atom is 0.142 e. The predicted octanol–water partition coefficient (Wildman–Crippen LogP) is 6.18. The zero-order valence-corrected chi connectivity index (χ0v) is 14.5. The number of allylic oxidation sites excluding steroid dienone is 2. The molecule has 0 aliphatic rings. The third-order valence-corrected chi connectivity index (χ3v) is 4.62. The van der Waals surface area contributed by atoms with Gasteiger partial charge in [-0.3, -0.25) is 4.79 Å². The van der Waals surface area contributed by atoms with Gasteiger partial charge in [0.25, 0.3) is 0 Å². The molecule has 0 amide bonds. The van der Waals surface area contributed by atoms with E-state index in [4.69, 9.17) is 0 Å². The molecule has 0 spiro atoms. The maximum absolute atomic E-state index is 10.6. The largest absolute Gasteiger partial charge is 0.299 e. The van der Waals surface area contributed by atoms with Gasteiger partial charge in [-0.15, -0.1) is 0 Å². The van der Waals surface area contributed by atoms with Gasteiger partial charge in [0.2, 0.25) is 0 Å². The number of unbranched alkanes of at least 4 members (excludes halogenated alkanes) is 2. The van der Waals surface area contributed by atoms with E-state index in [1.54, 1.807) is 6.08 Å². The molecule has 2 unspecified atom stereocenters. The first kappa shape index (κ1) is 19.4. The highest BCUT2D eigenvalue weighted by Gasteiger charge is 2.23. The second kappa shape index (κ2) is 11.1. The van der Waals surface area contributed by atoms with Crippen LogP contribution in [0.1, 0.15) is 86.0 Å². The van der Waals surface area contributed by atoms with Crippen LogP contribution in [0.15, 0.2) is 12.2 Å². The molecule has 0 bridgehead atoms. The molecule has 0 heterocycles. The van der Waals surface area contributed by atoms with Gasteiger partial charge in [-0.1, -0.05) is 72.8 Å². The van der Waals surface area contributed by atoms with Crippen molar-refractivity contribution in [3.8, 4) is 0 Å². The lowest BCUT2D eigenvalue weighted by Crippen LogP contribution is -2.18. The summed E-state index contributed by atoms with van der Waals surface area (Å²) in [6, 6.07) is 0. The summed E-state index contributed by atoms with van der Waals surface area (Å²) in [5, 5.41) is 0. The molecule has 118 valence electrons. The smallest absolute Gasteiger partial charge is 0.142 e. The van der Waals surface area contributed by atoms with E-state index in [1.165, 1.54) is 51.4 Å². The normalized spacial score (nSPS) is 16.5. The van der Waals surface area contributed by atoms with Gasteiger partial charge in [0.05, 0.1) is 0 Å². The summed E-state index contributed by atoms with van der Waals surface area (Å²) in [6.07, 6.45) is 14.9. The molecule has 0 radical (unpaired) electrons. The van der Waals surface area contributed by atoms with Gasteiger partial charge >= 0.3 is 0 Å². The summed E-state index contributed by atoms with van der Waals surface area (Å²) < 4.78 is 0. The van der Waals surface area contributed by atoms with Crippen LogP contribution in [0.25, 0.3) is 0 Å². The molecular weight excluding hydrogens is 244 g/mol. The minimum Gasteiger partial charge on any atom is -0.299 e. The van der Waals surface area contributed by atoms with Crippen LogP contribution in [0.3, 0.4) is 0 Å². The summed E-state index contributed by atoms with van der Waals surface area (Å²) in [7, 11) is 0. The predicted molar refractivity (Wildman–Crippen MR) is 89.9 cm³/mol. The second-order valence-corrected chi connectivity index (χ2v) is 6.94. The number of carbonyl (C=O) groups is 1. The molecule has 0 aromatic heterocycles. The lowest BCUT2D eigenvalue weighted by molar-refractivity contribution is -0.104. The van der Waals surface area contributed by atoms with E-state index >= 15 is 0 Å². The van der Waals surface area contributed by atoms with Crippen LogP contribution in [0.4, 0.5) is 0 Å². The molecule has 1 heteroatoms. The fourth-order valence-electron chi connectivity index (χ4n) is 3.04. The fraction of sp³-hybridized carbons (Fsp3) is 0.842. The van der Waals surface area contributed by atoms with Crippen molar-refractivity contribution in [3.05, 3.63) is 12.2 Å². The third-order valence-electron chi connectivity index (χ3n) is 4.62. The van der Waals surface area contributed by atoms with Gasteiger partial charge in [-0.25, -0.2) is 0 Å². The average molecular weight is 280 g/mol. The molecule has 0 aliphatic heterocycles. The monoisotopic (exact) mass is 280 g/mol. The lowest BCUT2D eigenvalue weighted by atomic mass is 9.76. The summed E-state index contributed by atoms with van der Waals surface area (Å²) >= 11 is 0. The van der Waals surface area contributed by atoms with E-state index in [9.17, 15) is 4.79 Å². The Hall–Kier alpha value is -0.590. The second-order valence-electron chi connectivity index (χ2n) is 6.94. The van der Waals surface area contributed by atoms with Crippen LogP contribution in [-0.4, -0.2) is 6.29 Å². The molecule has 0 fully saturated rings. The Labute approximate surface area is 127 Å². The summed E-state index contributed by atoms with van der Waals surface area (Å²) in [6.45, 7) is 11.5. The van der Waals surface area contributed by atoms with E-state index in [1.807, 2.05) is 0 Å². The Bertz CT molecular complexity index is 267. The molecular formula is C19H36O. The van der Waals surface area contributed by atoms with Crippen molar-refractivity contribution >= 4 is 6.29 Å².